The van der Waals surface area contributed by atoms with Gasteiger partial charge < -0.3 is 5.32 Å². The molecule has 0 radical (unpaired) electrons. The number of aryl methyl sites for hydroxylation is 1. The van der Waals surface area contributed by atoms with Gasteiger partial charge in [0.05, 0.1) is 22.0 Å². The van der Waals surface area contributed by atoms with E-state index in [2.05, 4.69) is 27.8 Å². The molecule has 1 N–H and O–H groups in total. The van der Waals surface area contributed by atoms with Crippen molar-refractivity contribution in [1.82, 2.24) is 10.3 Å². The molecule has 0 spiro atoms. The molecule has 0 fully saturated rings. The number of thiazole rings is 1. The van der Waals surface area contributed by atoms with Gasteiger partial charge in [-0.05, 0) is 37.1 Å². The Morgan fingerprint density at radius 3 is 2.83 bits per heavy atom. The number of thiophene rings is 1. The van der Waals surface area contributed by atoms with E-state index < -0.39 is 0 Å². The number of nitrogens with one attached hydrogen (secondary N) is 1. The van der Waals surface area contributed by atoms with Crippen molar-refractivity contribution >= 4 is 40.2 Å². The quantitative estimate of drug-likeness (QED) is 0.675. The lowest BCUT2D eigenvalue weighted by Gasteiger charge is -2.05. The van der Waals surface area contributed by atoms with Gasteiger partial charge in [-0.25, -0.2) is 4.98 Å². The predicted octanol–water partition coefficient (Wildman–Crippen LogP) is 4.73. The molecule has 3 nitrogen and oxygen atoms in total. The number of nitrogens with zero attached hydrogens (tertiary/aromatic N) is 1. The highest BCUT2D eigenvalue weighted by Crippen LogP contribution is 2.29. The Bertz CT molecular complexity index is 841. The topological polar surface area (TPSA) is 42.0 Å². The number of carbonyl (C=O) groups is 1. The normalized spacial score (nSPS) is 10.8. The van der Waals surface area contributed by atoms with Gasteiger partial charge in [0.15, 0.2) is 0 Å². The summed E-state index contributed by atoms with van der Waals surface area (Å²) in [5.41, 5.74) is 1.89. The van der Waals surface area contributed by atoms with Crippen molar-refractivity contribution in [3.05, 3.63) is 62.2 Å². The van der Waals surface area contributed by atoms with Crippen molar-refractivity contribution in [2.45, 2.75) is 19.8 Å². The molecule has 3 aromatic rings. The Balaban J connectivity index is 1.49. The summed E-state index contributed by atoms with van der Waals surface area (Å²) >= 11 is 9.47. The zero-order chi connectivity index (χ0) is 16.9. The molecule has 0 saturated carbocycles. The van der Waals surface area contributed by atoms with Crippen molar-refractivity contribution in [3.63, 3.8) is 0 Å². The van der Waals surface area contributed by atoms with Gasteiger partial charge in [0, 0.05) is 21.8 Å². The van der Waals surface area contributed by atoms with E-state index in [0.717, 1.165) is 22.7 Å². The molecule has 1 amide bonds. The Labute approximate surface area is 154 Å². The third kappa shape index (κ3) is 4.44. The molecule has 24 heavy (non-hydrogen) atoms. The zero-order valence-corrected chi connectivity index (χ0v) is 15.6. The number of hydrogen-bond acceptors (Lipinski definition) is 4. The molecule has 0 aliphatic heterocycles. The lowest BCUT2D eigenvalue weighted by Crippen LogP contribution is -2.27. The molecule has 2 aromatic heterocycles. The van der Waals surface area contributed by atoms with Crippen LogP contribution in [-0.4, -0.2) is 17.4 Å². The second kappa shape index (κ2) is 7.92. The van der Waals surface area contributed by atoms with Gasteiger partial charge >= 0.3 is 0 Å². The number of benzene rings is 1. The highest BCUT2D eigenvalue weighted by atomic mass is 35.5. The maximum Gasteiger partial charge on any atom is 0.224 e. The Hall–Kier alpha value is -1.69. The summed E-state index contributed by atoms with van der Waals surface area (Å²) < 4.78 is 0. The molecule has 124 valence electrons. The first kappa shape index (κ1) is 17.1. The molecule has 0 saturated heterocycles. The molecule has 3 rings (SSSR count). The van der Waals surface area contributed by atoms with Crippen LogP contribution in [0.15, 0.2) is 41.8 Å². The van der Waals surface area contributed by atoms with Gasteiger partial charge in [0.25, 0.3) is 0 Å². The number of carbonyl (C=O) groups excluding carboxylic acids is 1. The smallest absolute Gasteiger partial charge is 0.224 e. The number of amides is 1. The van der Waals surface area contributed by atoms with Crippen LogP contribution in [0, 0.1) is 6.92 Å². The fraction of sp³-hybridized carbons (Fsp3) is 0.222. The third-order valence-electron chi connectivity index (χ3n) is 3.54. The summed E-state index contributed by atoms with van der Waals surface area (Å²) in [6, 6.07) is 11.6. The van der Waals surface area contributed by atoms with E-state index >= 15 is 0 Å². The first-order valence-corrected chi connectivity index (χ1v) is 9.70. The molecule has 0 aliphatic carbocycles. The van der Waals surface area contributed by atoms with E-state index in [0.29, 0.717) is 18.0 Å². The lowest BCUT2D eigenvalue weighted by molar-refractivity contribution is -0.120. The fourth-order valence-corrected chi connectivity index (χ4v) is 4.19. The summed E-state index contributed by atoms with van der Waals surface area (Å²) in [7, 11) is 0. The molecule has 0 bridgehead atoms. The molecular weight excluding hydrogens is 360 g/mol. The summed E-state index contributed by atoms with van der Waals surface area (Å²) in [5, 5.41) is 6.74. The standard InChI is InChI=1S/C18H17ClN2OS2/c1-12-21-16(11-23-12)17-7-6-14(24-17)8-9-20-18(22)10-13-4-2-3-5-15(13)19/h2-7,11H,8-10H2,1H3,(H,20,22). The summed E-state index contributed by atoms with van der Waals surface area (Å²) in [4.78, 5) is 18.9. The van der Waals surface area contributed by atoms with E-state index in [1.54, 1.807) is 28.7 Å². The summed E-state index contributed by atoms with van der Waals surface area (Å²) in [6.45, 7) is 2.64. The minimum Gasteiger partial charge on any atom is -0.355 e. The lowest BCUT2D eigenvalue weighted by atomic mass is 10.1. The maximum absolute atomic E-state index is 12.0. The van der Waals surface area contributed by atoms with Gasteiger partial charge in [0.1, 0.15) is 0 Å². The van der Waals surface area contributed by atoms with E-state index in [4.69, 9.17) is 11.6 Å². The van der Waals surface area contributed by atoms with Gasteiger partial charge in [0.2, 0.25) is 5.91 Å². The average Bonchev–Trinajstić information content (AvgIpc) is 3.18. The second-order valence-corrected chi connectivity index (χ2v) is 8.02. The maximum atomic E-state index is 12.0. The van der Waals surface area contributed by atoms with Gasteiger partial charge in [-0.3, -0.25) is 4.79 Å². The number of rotatable bonds is 6. The number of halogens is 1. The van der Waals surface area contributed by atoms with Crippen LogP contribution in [0.25, 0.3) is 10.6 Å². The Morgan fingerprint density at radius 1 is 1.25 bits per heavy atom. The van der Waals surface area contributed by atoms with Crippen LogP contribution in [0.2, 0.25) is 5.02 Å². The zero-order valence-electron chi connectivity index (χ0n) is 13.2. The Kier molecular flexibility index (Phi) is 5.66. The summed E-state index contributed by atoms with van der Waals surface area (Å²) in [5.74, 6) is -0.00462. The Morgan fingerprint density at radius 2 is 2.08 bits per heavy atom. The third-order valence-corrected chi connectivity index (χ3v) is 5.85. The van der Waals surface area contributed by atoms with Gasteiger partial charge in [-0.1, -0.05) is 29.8 Å². The fourth-order valence-electron chi connectivity index (χ4n) is 2.33. The van der Waals surface area contributed by atoms with Crippen LogP contribution < -0.4 is 5.32 Å². The molecule has 2 heterocycles. The average molecular weight is 377 g/mol. The van der Waals surface area contributed by atoms with Crippen LogP contribution in [-0.2, 0) is 17.6 Å². The minimum atomic E-state index is -0.00462. The number of hydrogen-bond donors (Lipinski definition) is 1. The molecule has 6 heteroatoms. The van der Waals surface area contributed by atoms with Gasteiger partial charge in [-0.15, -0.1) is 22.7 Å². The summed E-state index contributed by atoms with van der Waals surface area (Å²) in [6.07, 6.45) is 1.13. The highest BCUT2D eigenvalue weighted by Gasteiger charge is 2.08. The molecule has 1 aromatic carbocycles. The van der Waals surface area contributed by atoms with Crippen LogP contribution >= 0.6 is 34.3 Å². The van der Waals surface area contributed by atoms with Gasteiger partial charge in [-0.2, -0.15) is 0 Å². The molecule has 0 atom stereocenters. The van der Waals surface area contributed by atoms with Crippen molar-refractivity contribution in [1.29, 1.82) is 0 Å². The first-order chi connectivity index (χ1) is 11.6. The van der Waals surface area contributed by atoms with Crippen molar-refractivity contribution in [3.8, 4) is 10.6 Å². The highest BCUT2D eigenvalue weighted by molar-refractivity contribution is 7.16. The van der Waals surface area contributed by atoms with Crippen molar-refractivity contribution in [2.24, 2.45) is 0 Å². The van der Waals surface area contributed by atoms with Crippen molar-refractivity contribution < 1.29 is 4.79 Å². The van der Waals surface area contributed by atoms with Crippen LogP contribution in [0.3, 0.4) is 0 Å². The molecular formula is C18H17ClN2OS2. The van der Waals surface area contributed by atoms with Crippen LogP contribution in [0.5, 0.6) is 0 Å². The van der Waals surface area contributed by atoms with Crippen LogP contribution in [0.4, 0.5) is 0 Å². The van der Waals surface area contributed by atoms with E-state index in [9.17, 15) is 4.79 Å². The monoisotopic (exact) mass is 376 g/mol. The SMILES string of the molecule is Cc1nc(-c2ccc(CCNC(=O)Cc3ccccc3Cl)s2)cs1. The minimum absolute atomic E-state index is 0.00462. The van der Waals surface area contributed by atoms with E-state index in [-0.39, 0.29) is 5.91 Å². The number of aromatic nitrogens is 1. The van der Waals surface area contributed by atoms with E-state index in [1.165, 1.54) is 9.75 Å². The second-order valence-electron chi connectivity index (χ2n) is 5.39. The largest absolute Gasteiger partial charge is 0.355 e. The first-order valence-electron chi connectivity index (χ1n) is 7.63. The van der Waals surface area contributed by atoms with Crippen LogP contribution in [0.1, 0.15) is 15.4 Å². The predicted molar refractivity (Wildman–Crippen MR) is 102 cm³/mol. The van der Waals surface area contributed by atoms with E-state index in [1.807, 2.05) is 25.1 Å². The molecule has 0 aliphatic rings. The van der Waals surface area contributed by atoms with Crippen molar-refractivity contribution in [2.75, 3.05) is 6.54 Å². The molecule has 0 unspecified atom stereocenters.